The molecule has 45 heavy (non-hydrogen) atoms. The van der Waals surface area contributed by atoms with Crippen molar-refractivity contribution in [2.45, 2.75) is 31.0 Å². The number of phenolic OH excluding ortho intramolecular Hbond substituents is 1. The third kappa shape index (κ3) is 5.87. The second-order valence-electron chi connectivity index (χ2n) is 10.8. The molecule has 2 aliphatic rings. The minimum absolute atomic E-state index is 0.00661. The number of benzene rings is 3. The molecule has 0 radical (unpaired) electrons. The first-order chi connectivity index (χ1) is 21.6. The van der Waals surface area contributed by atoms with Crippen molar-refractivity contribution in [2.75, 3.05) is 13.1 Å². The monoisotopic (exact) mass is 628 g/mol. The Bertz CT molecular complexity index is 1890. The lowest BCUT2D eigenvalue weighted by atomic mass is 10.0. The van der Waals surface area contributed by atoms with Gasteiger partial charge in [0.15, 0.2) is 5.78 Å². The lowest BCUT2D eigenvalue weighted by Crippen LogP contribution is -2.53. The van der Waals surface area contributed by atoms with Crippen LogP contribution in [0.2, 0.25) is 0 Å². The van der Waals surface area contributed by atoms with Crippen molar-refractivity contribution in [2.24, 2.45) is 0 Å². The molecule has 3 heterocycles. The first kappa shape index (κ1) is 29.9. The number of phenols is 1. The summed E-state index contributed by atoms with van der Waals surface area (Å²) in [5, 5.41) is 12.7. The van der Waals surface area contributed by atoms with Crippen molar-refractivity contribution in [1.29, 1.82) is 0 Å². The summed E-state index contributed by atoms with van der Waals surface area (Å²) < 4.78 is 33.1. The maximum atomic E-state index is 14.0. The number of aromatic nitrogens is 1. The summed E-state index contributed by atoms with van der Waals surface area (Å²) in [5.41, 5.74) is 0.471. The summed E-state index contributed by atoms with van der Waals surface area (Å²) in [6, 6.07) is 18.1. The number of ketones is 1. The van der Waals surface area contributed by atoms with Crippen LogP contribution in [0.15, 0.2) is 91.3 Å². The van der Waals surface area contributed by atoms with Crippen molar-refractivity contribution in [1.82, 2.24) is 19.5 Å². The molecule has 0 saturated carbocycles. The van der Waals surface area contributed by atoms with Crippen molar-refractivity contribution in [3.05, 3.63) is 102 Å². The van der Waals surface area contributed by atoms with Crippen LogP contribution >= 0.6 is 0 Å². The predicted octanol–water partition coefficient (Wildman–Crippen LogP) is 2.66. The molecule has 3 unspecified atom stereocenters. The quantitative estimate of drug-likeness (QED) is 0.313. The Labute approximate surface area is 258 Å². The summed E-state index contributed by atoms with van der Waals surface area (Å²) in [7, 11) is -4.59. The lowest BCUT2D eigenvalue weighted by Gasteiger charge is -2.28. The first-order valence-corrected chi connectivity index (χ1v) is 15.6. The van der Waals surface area contributed by atoms with Gasteiger partial charge in [0.25, 0.3) is 15.1 Å². The fraction of sp³-hybridized carbons (Fsp3) is 0.219. The molecule has 13 heteroatoms. The van der Waals surface area contributed by atoms with Gasteiger partial charge in [-0.15, -0.1) is 0 Å². The summed E-state index contributed by atoms with van der Waals surface area (Å²) >= 11 is 0. The van der Waals surface area contributed by atoms with E-state index in [1.165, 1.54) is 35.4 Å². The molecule has 2 aliphatic heterocycles. The number of hydrogen-bond donors (Lipinski definition) is 2. The molecule has 2 fully saturated rings. The smallest absolute Gasteiger partial charge is 0.413 e. The Morgan fingerprint density at radius 1 is 1.00 bits per heavy atom. The average Bonchev–Trinajstić information content (AvgIpc) is 3.63. The molecule has 2 amide bonds. The normalized spacial score (nSPS) is 18.8. The lowest BCUT2D eigenvalue weighted by molar-refractivity contribution is -0.138. The highest BCUT2D eigenvalue weighted by atomic mass is 32.2. The van der Waals surface area contributed by atoms with E-state index in [1.807, 2.05) is 18.2 Å². The standard InChI is InChI=1S/C32H28N4O8S/c37-23-12-10-20(11-13-23)17-25(34-32(41)44-28-9-3-6-21-5-1-2-8-24(21)28)30(39)35-16-14-26-29(35)27(38)19-36(26)45(42,43)31(40)22-7-4-15-33-18-22/h1-13,15,18,25-26,29,37H,14,16-17,19H2,(H,34,41). The van der Waals surface area contributed by atoms with Crippen LogP contribution in [-0.4, -0.2) is 81.8 Å². The molecule has 12 nitrogen and oxygen atoms in total. The Hall–Kier alpha value is -5.14. The molecule has 230 valence electrons. The predicted molar refractivity (Wildman–Crippen MR) is 162 cm³/mol. The van der Waals surface area contributed by atoms with Gasteiger partial charge in [-0.3, -0.25) is 19.4 Å². The Morgan fingerprint density at radius 2 is 1.76 bits per heavy atom. The van der Waals surface area contributed by atoms with E-state index in [-0.39, 0.29) is 36.4 Å². The molecule has 4 aromatic rings. The maximum Gasteiger partial charge on any atom is 0.413 e. The summed E-state index contributed by atoms with van der Waals surface area (Å²) in [6.45, 7) is -0.536. The van der Waals surface area contributed by atoms with E-state index in [1.54, 1.807) is 36.4 Å². The fourth-order valence-corrected chi connectivity index (χ4v) is 7.41. The Morgan fingerprint density at radius 3 is 2.51 bits per heavy atom. The van der Waals surface area contributed by atoms with Crippen molar-refractivity contribution >= 4 is 43.7 Å². The van der Waals surface area contributed by atoms with Crippen molar-refractivity contribution < 1.29 is 37.4 Å². The number of carbonyl (C=O) groups is 4. The third-order valence-corrected chi connectivity index (χ3v) is 9.74. The van der Waals surface area contributed by atoms with Crippen LogP contribution in [0, 0.1) is 0 Å². The van der Waals surface area contributed by atoms with Crippen LogP contribution in [0.5, 0.6) is 11.5 Å². The molecule has 2 N–H and O–H groups in total. The molecule has 3 atom stereocenters. The molecule has 0 spiro atoms. The number of sulfonamides is 1. The SMILES string of the molecule is O=C(NC(Cc1ccc(O)cc1)C(=O)N1CCC2C1C(=O)CN2S(=O)(=O)C(=O)c1cccnc1)Oc1cccc2ccccc12. The van der Waals surface area contributed by atoms with Crippen LogP contribution in [0.3, 0.4) is 0 Å². The summed E-state index contributed by atoms with van der Waals surface area (Å²) in [4.78, 5) is 58.4. The van der Waals surface area contributed by atoms with Crippen molar-refractivity contribution in [3.8, 4) is 11.5 Å². The molecule has 1 aromatic heterocycles. The number of rotatable bonds is 7. The number of aromatic hydroxyl groups is 1. The van der Waals surface area contributed by atoms with E-state index < -0.39 is 57.6 Å². The minimum Gasteiger partial charge on any atom is -0.508 e. The number of pyridine rings is 1. The maximum absolute atomic E-state index is 14.0. The number of nitrogens with zero attached hydrogens (tertiary/aromatic N) is 3. The number of amides is 2. The summed E-state index contributed by atoms with van der Waals surface area (Å²) in [5.74, 6) is -0.842. The first-order valence-electron chi connectivity index (χ1n) is 14.2. The minimum atomic E-state index is -4.59. The molecule has 2 saturated heterocycles. The highest BCUT2D eigenvalue weighted by molar-refractivity contribution is 8.04. The molecule has 0 aliphatic carbocycles. The average molecular weight is 629 g/mol. The van der Waals surface area contributed by atoms with E-state index in [2.05, 4.69) is 10.3 Å². The van der Waals surface area contributed by atoms with Gasteiger partial charge >= 0.3 is 6.09 Å². The topological polar surface area (TPSA) is 163 Å². The van der Waals surface area contributed by atoms with Crippen LogP contribution in [0.1, 0.15) is 22.3 Å². The fourth-order valence-electron chi connectivity index (χ4n) is 5.90. The van der Waals surface area contributed by atoms with Crippen LogP contribution in [0.4, 0.5) is 4.79 Å². The van der Waals surface area contributed by atoms with Gasteiger partial charge in [0.1, 0.15) is 23.6 Å². The van der Waals surface area contributed by atoms with Crippen LogP contribution < -0.4 is 10.1 Å². The van der Waals surface area contributed by atoms with E-state index in [9.17, 15) is 32.7 Å². The molecule has 3 aromatic carbocycles. The van der Waals surface area contributed by atoms with Gasteiger partial charge in [-0.2, -0.15) is 4.31 Å². The second-order valence-corrected chi connectivity index (χ2v) is 12.6. The zero-order chi connectivity index (χ0) is 31.7. The molecular weight excluding hydrogens is 600 g/mol. The van der Waals surface area contributed by atoms with E-state index in [0.29, 0.717) is 10.9 Å². The highest BCUT2D eigenvalue weighted by Gasteiger charge is 2.55. The van der Waals surface area contributed by atoms with Crippen LogP contribution in [-0.2, 0) is 26.0 Å². The van der Waals surface area contributed by atoms with Crippen molar-refractivity contribution in [3.63, 3.8) is 0 Å². The van der Waals surface area contributed by atoms with E-state index in [4.69, 9.17) is 4.74 Å². The van der Waals surface area contributed by atoms with Gasteiger partial charge in [-0.25, -0.2) is 13.2 Å². The molecule has 0 bridgehead atoms. The largest absolute Gasteiger partial charge is 0.508 e. The number of ether oxygens (including phenoxy) is 1. The van der Waals surface area contributed by atoms with Gasteiger partial charge in [0.05, 0.1) is 18.2 Å². The molecular formula is C32H28N4O8S. The Kier molecular flexibility index (Phi) is 8.04. The number of fused-ring (bicyclic) bond motifs is 2. The van der Waals surface area contributed by atoms with Gasteiger partial charge in [-0.1, -0.05) is 48.5 Å². The second kappa shape index (κ2) is 12.1. The number of carbonyl (C=O) groups excluding carboxylic acids is 4. The zero-order valence-electron chi connectivity index (χ0n) is 23.8. The van der Waals surface area contributed by atoms with E-state index in [0.717, 1.165) is 15.9 Å². The number of likely N-dealkylation sites (tertiary alicyclic amines) is 1. The number of Topliss-reactive ketones (excluding diaryl/α,β-unsaturated/α-hetero) is 1. The van der Waals surface area contributed by atoms with Gasteiger partial charge < -0.3 is 20.1 Å². The van der Waals surface area contributed by atoms with E-state index >= 15 is 0 Å². The third-order valence-electron chi connectivity index (χ3n) is 8.02. The van der Waals surface area contributed by atoms with Gasteiger partial charge in [0, 0.05) is 30.7 Å². The summed E-state index contributed by atoms with van der Waals surface area (Å²) in [6.07, 6.45) is 1.75. The zero-order valence-corrected chi connectivity index (χ0v) is 24.6. The Balaban J connectivity index is 1.24. The van der Waals surface area contributed by atoms with Gasteiger partial charge in [-0.05, 0) is 47.7 Å². The number of hydrogen-bond acceptors (Lipinski definition) is 9. The van der Waals surface area contributed by atoms with Gasteiger partial charge in [0.2, 0.25) is 5.91 Å². The number of nitrogens with one attached hydrogen (secondary N) is 1. The molecule has 6 rings (SSSR count). The van der Waals surface area contributed by atoms with Crippen LogP contribution in [0.25, 0.3) is 10.8 Å². The highest BCUT2D eigenvalue weighted by Crippen LogP contribution is 2.33.